The highest BCUT2D eigenvalue weighted by Gasteiger charge is 2.41. The second-order valence-corrected chi connectivity index (χ2v) is 7.12. The Morgan fingerprint density at radius 3 is 2.88 bits per heavy atom. The Balaban J connectivity index is 1.45. The van der Waals surface area contributed by atoms with E-state index in [2.05, 4.69) is 43.2 Å². The summed E-state index contributed by atoms with van der Waals surface area (Å²) in [7, 11) is 0. The van der Waals surface area contributed by atoms with E-state index in [0.29, 0.717) is 0 Å². The number of aryl methyl sites for hydroxylation is 1. The Labute approximate surface area is 148 Å². The predicted molar refractivity (Wildman–Crippen MR) is 96.4 cm³/mol. The maximum atomic E-state index is 6.30. The van der Waals surface area contributed by atoms with Gasteiger partial charge >= 0.3 is 0 Å². The van der Waals surface area contributed by atoms with Crippen molar-refractivity contribution >= 4 is 5.82 Å². The molecule has 4 rings (SSSR count). The fraction of sp³-hybridized carbons (Fsp3) is 0.526. The quantitative estimate of drug-likeness (QED) is 0.853. The smallest absolute Gasteiger partial charge is 0.151 e. The number of hydrogen-bond donors (Lipinski definition) is 0. The van der Waals surface area contributed by atoms with Crippen LogP contribution in [-0.4, -0.2) is 58.5 Å². The van der Waals surface area contributed by atoms with Crippen LogP contribution in [0.3, 0.4) is 0 Å². The molecule has 1 spiro atoms. The molecule has 2 fully saturated rings. The molecule has 0 radical (unpaired) electrons. The van der Waals surface area contributed by atoms with Crippen molar-refractivity contribution in [2.24, 2.45) is 0 Å². The van der Waals surface area contributed by atoms with Gasteiger partial charge in [-0.25, -0.2) is 0 Å². The van der Waals surface area contributed by atoms with Gasteiger partial charge < -0.3 is 9.64 Å². The molecule has 2 aliphatic heterocycles. The first kappa shape index (κ1) is 16.4. The summed E-state index contributed by atoms with van der Waals surface area (Å²) >= 11 is 0. The van der Waals surface area contributed by atoms with Crippen LogP contribution in [0.4, 0.5) is 5.82 Å². The molecule has 6 heteroatoms. The van der Waals surface area contributed by atoms with Crippen LogP contribution < -0.4 is 4.90 Å². The summed E-state index contributed by atoms with van der Waals surface area (Å²) in [5.41, 5.74) is 1.96. The van der Waals surface area contributed by atoms with Gasteiger partial charge in [0.1, 0.15) is 0 Å². The van der Waals surface area contributed by atoms with E-state index in [1.54, 1.807) is 0 Å². The second-order valence-electron chi connectivity index (χ2n) is 7.12. The maximum absolute atomic E-state index is 6.30. The zero-order chi connectivity index (χ0) is 17.1. The summed E-state index contributed by atoms with van der Waals surface area (Å²) < 4.78 is 6.30. The summed E-state index contributed by atoms with van der Waals surface area (Å²) in [6.45, 7) is 7.43. The molecule has 2 aromatic rings. The topological polar surface area (TPSA) is 54.4 Å². The highest BCUT2D eigenvalue weighted by atomic mass is 16.5. The molecule has 0 aromatic carbocycles. The highest BCUT2D eigenvalue weighted by Crippen LogP contribution is 2.31. The minimum Gasteiger partial charge on any atom is -0.370 e. The maximum Gasteiger partial charge on any atom is 0.151 e. The molecular formula is C19H25N5O. The minimum atomic E-state index is -0.113. The summed E-state index contributed by atoms with van der Waals surface area (Å²) in [6.07, 6.45) is 4.08. The van der Waals surface area contributed by atoms with E-state index in [9.17, 15) is 0 Å². The number of ether oxygens (including phenoxy) is 1. The van der Waals surface area contributed by atoms with Crippen LogP contribution in [0.2, 0.25) is 0 Å². The summed E-state index contributed by atoms with van der Waals surface area (Å²) in [5, 5.41) is 8.57. The molecule has 2 aromatic heterocycles. The van der Waals surface area contributed by atoms with Gasteiger partial charge in [-0.3, -0.25) is 9.88 Å². The average molecular weight is 339 g/mol. The van der Waals surface area contributed by atoms with Crippen LogP contribution in [-0.2, 0) is 11.3 Å². The molecule has 0 N–H and O–H groups in total. The number of hydrogen-bond acceptors (Lipinski definition) is 6. The van der Waals surface area contributed by atoms with Crippen LogP contribution in [0.5, 0.6) is 0 Å². The first-order chi connectivity index (χ1) is 12.2. The van der Waals surface area contributed by atoms with Gasteiger partial charge in [0.15, 0.2) is 5.82 Å². The number of pyridine rings is 1. The molecule has 1 atom stereocenters. The molecule has 1 unspecified atom stereocenters. The van der Waals surface area contributed by atoms with Gasteiger partial charge in [-0.2, -0.15) is 5.10 Å². The Kier molecular flexibility index (Phi) is 4.63. The van der Waals surface area contributed by atoms with Crippen molar-refractivity contribution < 1.29 is 4.74 Å². The summed E-state index contributed by atoms with van der Waals surface area (Å²) in [4.78, 5) is 9.25. The Morgan fingerprint density at radius 2 is 2.08 bits per heavy atom. The second kappa shape index (κ2) is 7.06. The van der Waals surface area contributed by atoms with Crippen LogP contribution in [0.25, 0.3) is 0 Å². The average Bonchev–Trinajstić information content (AvgIpc) is 2.63. The van der Waals surface area contributed by atoms with Gasteiger partial charge in [0.25, 0.3) is 0 Å². The molecule has 132 valence electrons. The number of nitrogens with zero attached hydrogens (tertiary/aromatic N) is 5. The SMILES string of the molecule is Cc1ccc(N2CCCC3(CN(Cc4ccccn4)CCO3)C2)nn1. The predicted octanol–water partition coefficient (Wildman–Crippen LogP) is 2.05. The van der Waals surface area contributed by atoms with Crippen LogP contribution in [0, 0.1) is 6.92 Å². The zero-order valence-electron chi connectivity index (χ0n) is 14.8. The fourth-order valence-electron chi connectivity index (χ4n) is 3.88. The van der Waals surface area contributed by atoms with E-state index in [4.69, 9.17) is 4.74 Å². The number of anilines is 1. The van der Waals surface area contributed by atoms with Gasteiger partial charge in [-0.1, -0.05) is 6.07 Å². The molecule has 2 saturated heterocycles. The van der Waals surface area contributed by atoms with Crippen molar-refractivity contribution in [3.05, 3.63) is 47.9 Å². The van der Waals surface area contributed by atoms with Crippen molar-refractivity contribution in [2.45, 2.75) is 31.9 Å². The minimum absolute atomic E-state index is 0.113. The van der Waals surface area contributed by atoms with E-state index >= 15 is 0 Å². The van der Waals surface area contributed by atoms with Crippen LogP contribution in [0.1, 0.15) is 24.2 Å². The zero-order valence-corrected chi connectivity index (χ0v) is 14.8. The van der Waals surface area contributed by atoms with Crippen LogP contribution >= 0.6 is 0 Å². The third kappa shape index (κ3) is 3.80. The molecule has 25 heavy (non-hydrogen) atoms. The Hall–Kier alpha value is -2.05. The van der Waals surface area contributed by atoms with E-state index in [1.165, 1.54) is 0 Å². The largest absolute Gasteiger partial charge is 0.370 e. The molecule has 0 bridgehead atoms. The molecule has 4 heterocycles. The van der Waals surface area contributed by atoms with Crippen LogP contribution in [0.15, 0.2) is 36.5 Å². The molecule has 0 saturated carbocycles. The highest BCUT2D eigenvalue weighted by molar-refractivity contribution is 5.38. The van der Waals surface area contributed by atoms with E-state index in [0.717, 1.165) is 69.4 Å². The third-order valence-corrected chi connectivity index (χ3v) is 5.09. The Morgan fingerprint density at radius 1 is 1.12 bits per heavy atom. The van der Waals surface area contributed by atoms with Gasteiger partial charge in [0.05, 0.1) is 23.6 Å². The summed E-state index contributed by atoms with van der Waals surface area (Å²) in [6, 6.07) is 10.2. The first-order valence-corrected chi connectivity index (χ1v) is 9.04. The normalized spacial score (nSPS) is 24.6. The Bertz CT molecular complexity index is 689. The molecule has 0 amide bonds. The lowest BCUT2D eigenvalue weighted by Gasteiger charge is -2.48. The van der Waals surface area contributed by atoms with E-state index in [1.807, 2.05) is 25.3 Å². The lowest BCUT2D eigenvalue weighted by Crippen LogP contribution is -2.59. The fourth-order valence-corrected chi connectivity index (χ4v) is 3.88. The van der Waals surface area contributed by atoms with Crippen molar-refractivity contribution in [1.82, 2.24) is 20.1 Å². The molecule has 6 nitrogen and oxygen atoms in total. The summed E-state index contributed by atoms with van der Waals surface area (Å²) in [5.74, 6) is 0.954. The van der Waals surface area contributed by atoms with Crippen molar-refractivity contribution in [1.29, 1.82) is 0 Å². The monoisotopic (exact) mass is 339 g/mol. The van der Waals surface area contributed by atoms with E-state index in [-0.39, 0.29) is 5.60 Å². The number of piperidine rings is 1. The van der Waals surface area contributed by atoms with Gasteiger partial charge in [0.2, 0.25) is 0 Å². The number of morpholine rings is 1. The lowest BCUT2D eigenvalue weighted by atomic mass is 9.90. The molecule has 0 aliphatic carbocycles. The standard InChI is InChI=1S/C19H25N5O/c1-16-6-7-18(22-21-16)24-10-4-8-19(15-24)14-23(11-12-25-19)13-17-5-2-3-9-20-17/h2-3,5-7,9H,4,8,10-15H2,1H3. The lowest BCUT2D eigenvalue weighted by molar-refractivity contribution is -0.116. The molecular weight excluding hydrogens is 314 g/mol. The number of rotatable bonds is 3. The van der Waals surface area contributed by atoms with Gasteiger partial charge in [-0.05, 0) is 44.0 Å². The van der Waals surface area contributed by atoms with Crippen molar-refractivity contribution in [3.8, 4) is 0 Å². The van der Waals surface area contributed by atoms with Gasteiger partial charge in [0, 0.05) is 38.9 Å². The first-order valence-electron chi connectivity index (χ1n) is 9.04. The van der Waals surface area contributed by atoms with E-state index < -0.39 is 0 Å². The number of aromatic nitrogens is 3. The van der Waals surface area contributed by atoms with Gasteiger partial charge in [-0.15, -0.1) is 5.10 Å². The van der Waals surface area contributed by atoms with Crippen molar-refractivity contribution in [3.63, 3.8) is 0 Å². The third-order valence-electron chi connectivity index (χ3n) is 5.09. The molecule has 2 aliphatic rings. The van der Waals surface area contributed by atoms with Crippen molar-refractivity contribution in [2.75, 3.05) is 37.7 Å².